The first kappa shape index (κ1) is 15.0. The van der Waals surface area contributed by atoms with Crippen molar-refractivity contribution < 1.29 is 4.74 Å². The SMILES string of the molecule is COc1cccc(C=NNC(=S)Nc2cccc(C)c2)c1. The molecular formula is C16H17N3OS. The van der Waals surface area contributed by atoms with Gasteiger partial charge in [0.2, 0.25) is 0 Å². The average Bonchev–Trinajstić information content (AvgIpc) is 2.47. The third-order valence-electron chi connectivity index (χ3n) is 2.75. The van der Waals surface area contributed by atoms with E-state index in [0.29, 0.717) is 5.11 Å². The molecule has 0 saturated carbocycles. The van der Waals surface area contributed by atoms with Gasteiger partial charge in [-0.25, -0.2) is 0 Å². The van der Waals surface area contributed by atoms with Gasteiger partial charge in [0.15, 0.2) is 5.11 Å². The lowest BCUT2D eigenvalue weighted by atomic mass is 10.2. The Morgan fingerprint density at radius 1 is 1.19 bits per heavy atom. The molecular weight excluding hydrogens is 282 g/mol. The van der Waals surface area contributed by atoms with Gasteiger partial charge in [-0.05, 0) is 54.5 Å². The van der Waals surface area contributed by atoms with E-state index in [2.05, 4.69) is 15.8 Å². The molecule has 2 rings (SSSR count). The number of ether oxygens (including phenoxy) is 1. The number of thiocarbonyl (C=S) groups is 1. The van der Waals surface area contributed by atoms with E-state index in [0.717, 1.165) is 17.0 Å². The molecule has 0 aliphatic heterocycles. The van der Waals surface area contributed by atoms with Crippen LogP contribution >= 0.6 is 12.2 Å². The van der Waals surface area contributed by atoms with Crippen molar-refractivity contribution in [2.24, 2.45) is 5.10 Å². The first-order valence-corrected chi connectivity index (χ1v) is 6.89. The fourth-order valence-electron chi connectivity index (χ4n) is 1.77. The van der Waals surface area contributed by atoms with Crippen LogP contribution in [-0.4, -0.2) is 18.4 Å². The number of rotatable bonds is 4. The lowest BCUT2D eigenvalue weighted by Crippen LogP contribution is -2.23. The van der Waals surface area contributed by atoms with E-state index in [-0.39, 0.29) is 0 Å². The summed E-state index contributed by atoms with van der Waals surface area (Å²) >= 11 is 5.18. The maximum Gasteiger partial charge on any atom is 0.191 e. The van der Waals surface area contributed by atoms with Crippen molar-refractivity contribution in [1.82, 2.24) is 5.43 Å². The van der Waals surface area contributed by atoms with Gasteiger partial charge in [0, 0.05) is 5.69 Å². The van der Waals surface area contributed by atoms with Crippen LogP contribution < -0.4 is 15.5 Å². The first-order chi connectivity index (χ1) is 10.2. The molecule has 4 nitrogen and oxygen atoms in total. The Morgan fingerprint density at radius 2 is 2.00 bits per heavy atom. The third kappa shape index (κ3) is 4.89. The van der Waals surface area contributed by atoms with E-state index < -0.39 is 0 Å². The molecule has 0 aliphatic carbocycles. The fraction of sp³-hybridized carbons (Fsp3) is 0.125. The number of nitrogens with zero attached hydrogens (tertiary/aromatic N) is 1. The number of hydrogen-bond donors (Lipinski definition) is 2. The number of methoxy groups -OCH3 is 1. The highest BCUT2D eigenvalue weighted by Gasteiger charge is 1.96. The molecule has 108 valence electrons. The molecule has 0 unspecified atom stereocenters. The summed E-state index contributed by atoms with van der Waals surface area (Å²) in [6.07, 6.45) is 1.69. The predicted octanol–water partition coefficient (Wildman–Crippen LogP) is 3.32. The Kier molecular flexibility index (Phi) is 5.29. The number of anilines is 1. The van der Waals surface area contributed by atoms with Crippen LogP contribution in [0.2, 0.25) is 0 Å². The molecule has 0 radical (unpaired) electrons. The quantitative estimate of drug-likeness (QED) is 0.516. The van der Waals surface area contributed by atoms with Crippen LogP contribution in [0.25, 0.3) is 0 Å². The lowest BCUT2D eigenvalue weighted by Gasteiger charge is -2.07. The maximum atomic E-state index is 5.18. The Balaban J connectivity index is 1.90. The molecule has 2 N–H and O–H groups in total. The second-order valence-electron chi connectivity index (χ2n) is 4.47. The number of benzene rings is 2. The monoisotopic (exact) mass is 299 g/mol. The molecule has 2 aromatic carbocycles. The molecule has 0 fully saturated rings. The first-order valence-electron chi connectivity index (χ1n) is 6.48. The van der Waals surface area contributed by atoms with Gasteiger partial charge in [-0.15, -0.1) is 0 Å². The van der Waals surface area contributed by atoms with E-state index in [4.69, 9.17) is 17.0 Å². The summed E-state index contributed by atoms with van der Waals surface area (Å²) in [6, 6.07) is 15.6. The predicted molar refractivity (Wildman–Crippen MR) is 91.1 cm³/mol. The van der Waals surface area contributed by atoms with Crippen molar-refractivity contribution >= 4 is 29.2 Å². The minimum absolute atomic E-state index is 0.444. The smallest absolute Gasteiger partial charge is 0.191 e. The van der Waals surface area contributed by atoms with Gasteiger partial charge in [-0.3, -0.25) is 5.43 Å². The zero-order chi connectivity index (χ0) is 15.1. The van der Waals surface area contributed by atoms with Gasteiger partial charge < -0.3 is 10.1 Å². The molecule has 5 heteroatoms. The number of aryl methyl sites for hydroxylation is 1. The minimum atomic E-state index is 0.444. The van der Waals surface area contributed by atoms with E-state index in [9.17, 15) is 0 Å². The maximum absolute atomic E-state index is 5.18. The van der Waals surface area contributed by atoms with E-state index >= 15 is 0 Å². The van der Waals surface area contributed by atoms with Crippen molar-refractivity contribution in [1.29, 1.82) is 0 Å². The van der Waals surface area contributed by atoms with Crippen LogP contribution in [0.15, 0.2) is 53.6 Å². The Hall–Kier alpha value is -2.40. The highest BCUT2D eigenvalue weighted by Crippen LogP contribution is 2.11. The second kappa shape index (κ2) is 7.40. The normalized spacial score (nSPS) is 10.4. The molecule has 2 aromatic rings. The van der Waals surface area contributed by atoms with Gasteiger partial charge in [0.05, 0.1) is 13.3 Å². The van der Waals surface area contributed by atoms with Gasteiger partial charge in [-0.1, -0.05) is 24.3 Å². The summed E-state index contributed by atoms with van der Waals surface area (Å²) in [5.41, 5.74) is 5.82. The summed E-state index contributed by atoms with van der Waals surface area (Å²) < 4.78 is 5.15. The lowest BCUT2D eigenvalue weighted by molar-refractivity contribution is 0.415. The topological polar surface area (TPSA) is 45.6 Å². The average molecular weight is 299 g/mol. The highest BCUT2D eigenvalue weighted by atomic mass is 32.1. The Labute approximate surface area is 129 Å². The molecule has 0 amide bonds. The van der Waals surface area contributed by atoms with Crippen molar-refractivity contribution in [3.63, 3.8) is 0 Å². The summed E-state index contributed by atoms with van der Waals surface area (Å²) in [6.45, 7) is 2.03. The van der Waals surface area contributed by atoms with Crippen LogP contribution in [0.3, 0.4) is 0 Å². The van der Waals surface area contributed by atoms with Crippen molar-refractivity contribution in [3.05, 3.63) is 59.7 Å². The third-order valence-corrected chi connectivity index (χ3v) is 2.94. The molecule has 0 aliphatic rings. The van der Waals surface area contributed by atoms with Crippen molar-refractivity contribution in [2.75, 3.05) is 12.4 Å². The van der Waals surface area contributed by atoms with E-state index in [1.165, 1.54) is 5.56 Å². The van der Waals surface area contributed by atoms with E-state index in [1.54, 1.807) is 13.3 Å². The Bertz CT molecular complexity index is 655. The summed E-state index contributed by atoms with van der Waals surface area (Å²) in [7, 11) is 1.63. The van der Waals surface area contributed by atoms with Gasteiger partial charge in [0.25, 0.3) is 0 Å². The van der Waals surface area contributed by atoms with Gasteiger partial charge in [-0.2, -0.15) is 5.10 Å². The molecule has 0 saturated heterocycles. The minimum Gasteiger partial charge on any atom is -0.497 e. The molecule has 21 heavy (non-hydrogen) atoms. The van der Waals surface area contributed by atoms with Crippen LogP contribution in [-0.2, 0) is 0 Å². The van der Waals surface area contributed by atoms with Crippen molar-refractivity contribution in [3.8, 4) is 5.75 Å². The van der Waals surface area contributed by atoms with Gasteiger partial charge >= 0.3 is 0 Å². The summed E-state index contributed by atoms with van der Waals surface area (Å²) in [4.78, 5) is 0. The fourth-order valence-corrected chi connectivity index (χ4v) is 1.94. The van der Waals surface area contributed by atoms with E-state index in [1.807, 2.05) is 55.5 Å². The second-order valence-corrected chi connectivity index (χ2v) is 4.88. The van der Waals surface area contributed by atoms with Crippen LogP contribution in [0.1, 0.15) is 11.1 Å². The molecule has 0 spiro atoms. The van der Waals surface area contributed by atoms with Crippen LogP contribution in [0.4, 0.5) is 5.69 Å². The largest absolute Gasteiger partial charge is 0.497 e. The molecule has 0 bridgehead atoms. The van der Waals surface area contributed by atoms with Crippen LogP contribution in [0.5, 0.6) is 5.75 Å². The zero-order valence-corrected chi connectivity index (χ0v) is 12.8. The van der Waals surface area contributed by atoms with Gasteiger partial charge in [0.1, 0.15) is 5.75 Å². The molecule has 0 heterocycles. The standard InChI is InChI=1S/C16H17N3OS/c1-12-5-3-7-14(9-12)18-16(21)19-17-11-13-6-4-8-15(10-13)20-2/h3-11H,1-2H3,(H2,18,19,21). The number of hydrogen-bond acceptors (Lipinski definition) is 3. The summed E-state index contributed by atoms with van der Waals surface area (Å²) in [5.74, 6) is 0.791. The van der Waals surface area contributed by atoms with Crippen molar-refractivity contribution in [2.45, 2.75) is 6.92 Å². The Morgan fingerprint density at radius 3 is 2.76 bits per heavy atom. The molecule has 0 aromatic heterocycles. The number of hydrazone groups is 1. The highest BCUT2D eigenvalue weighted by molar-refractivity contribution is 7.80. The number of nitrogens with one attached hydrogen (secondary N) is 2. The molecule has 0 atom stereocenters. The zero-order valence-electron chi connectivity index (χ0n) is 12.0. The van der Waals surface area contributed by atoms with Crippen LogP contribution in [0, 0.1) is 6.92 Å². The summed E-state index contributed by atoms with van der Waals surface area (Å²) in [5, 5.41) is 7.62.